The maximum absolute atomic E-state index is 9.28. The van der Waals surface area contributed by atoms with E-state index in [1.165, 1.54) is 0 Å². The first-order valence-corrected chi connectivity index (χ1v) is 5.01. The highest BCUT2D eigenvalue weighted by atomic mass is 35.5. The van der Waals surface area contributed by atoms with Crippen LogP contribution in [0.25, 0.3) is 0 Å². The van der Waals surface area contributed by atoms with Crippen LogP contribution in [0, 0.1) is 0 Å². The zero-order chi connectivity index (χ0) is 10.4. The normalized spacial score (nSPS) is 12.5. The summed E-state index contributed by atoms with van der Waals surface area (Å²) >= 11 is 5.58. The van der Waals surface area contributed by atoms with Crippen molar-refractivity contribution in [2.45, 2.75) is 25.9 Å². The molecule has 1 heterocycles. The van der Waals surface area contributed by atoms with E-state index in [2.05, 4.69) is 15.5 Å². The quantitative estimate of drug-likeness (QED) is 0.785. The number of halogens is 1. The van der Waals surface area contributed by atoms with Crippen LogP contribution in [-0.4, -0.2) is 28.0 Å². The maximum atomic E-state index is 9.28. The molecule has 0 aliphatic rings. The molecule has 0 bridgehead atoms. The van der Waals surface area contributed by atoms with Gasteiger partial charge in [-0.15, -0.1) is 10.2 Å². The molecule has 0 amide bonds. The minimum atomic E-state index is -0.247. The Hall–Kier alpha value is -0.870. The lowest BCUT2D eigenvalue weighted by molar-refractivity contribution is 0.164. The van der Waals surface area contributed by atoms with E-state index in [0.29, 0.717) is 23.9 Å². The number of nitrogens with one attached hydrogen (secondary N) is 1. The first kappa shape index (κ1) is 11.2. The van der Waals surface area contributed by atoms with Crippen molar-refractivity contribution in [3.63, 3.8) is 0 Å². The first-order chi connectivity index (χ1) is 6.72. The van der Waals surface area contributed by atoms with Crippen molar-refractivity contribution in [3.8, 4) is 0 Å². The van der Waals surface area contributed by atoms with Gasteiger partial charge >= 0.3 is 0 Å². The third-order valence-corrected chi connectivity index (χ3v) is 2.09. The second kappa shape index (κ2) is 5.78. The van der Waals surface area contributed by atoms with Crippen molar-refractivity contribution in [3.05, 3.63) is 17.3 Å². The SMILES string of the molecule is CCC(O)CCNc1ccc(Cl)nn1. The molecule has 1 aromatic heterocycles. The number of aromatic nitrogens is 2. The van der Waals surface area contributed by atoms with Gasteiger partial charge in [-0.1, -0.05) is 18.5 Å². The van der Waals surface area contributed by atoms with Gasteiger partial charge in [0.15, 0.2) is 5.15 Å². The van der Waals surface area contributed by atoms with Crippen LogP contribution in [0.5, 0.6) is 0 Å². The van der Waals surface area contributed by atoms with Gasteiger partial charge in [0, 0.05) is 6.54 Å². The highest BCUT2D eigenvalue weighted by Crippen LogP contribution is 2.06. The number of hydrogen-bond acceptors (Lipinski definition) is 4. The fourth-order valence-corrected chi connectivity index (χ4v) is 1.08. The molecular weight excluding hydrogens is 202 g/mol. The average Bonchev–Trinajstić information content (AvgIpc) is 2.21. The molecule has 0 fully saturated rings. The minimum Gasteiger partial charge on any atom is -0.393 e. The van der Waals surface area contributed by atoms with E-state index < -0.39 is 0 Å². The van der Waals surface area contributed by atoms with Crippen molar-refractivity contribution in [1.82, 2.24) is 10.2 Å². The Bertz CT molecular complexity index is 265. The fourth-order valence-electron chi connectivity index (χ4n) is 0.981. The zero-order valence-corrected chi connectivity index (χ0v) is 8.83. The second-order valence-electron chi connectivity index (χ2n) is 3.02. The van der Waals surface area contributed by atoms with Gasteiger partial charge < -0.3 is 10.4 Å². The van der Waals surface area contributed by atoms with E-state index in [4.69, 9.17) is 11.6 Å². The molecule has 5 heteroatoms. The van der Waals surface area contributed by atoms with E-state index in [1.54, 1.807) is 12.1 Å². The summed E-state index contributed by atoms with van der Waals surface area (Å²) < 4.78 is 0. The summed E-state index contributed by atoms with van der Waals surface area (Å²) in [6.45, 7) is 2.64. The summed E-state index contributed by atoms with van der Waals surface area (Å²) in [6.07, 6.45) is 1.23. The number of rotatable bonds is 5. The van der Waals surface area contributed by atoms with Crippen molar-refractivity contribution < 1.29 is 5.11 Å². The number of anilines is 1. The average molecular weight is 216 g/mol. The van der Waals surface area contributed by atoms with Crippen LogP contribution in [0.4, 0.5) is 5.82 Å². The Morgan fingerprint density at radius 2 is 2.29 bits per heavy atom. The lowest BCUT2D eigenvalue weighted by Gasteiger charge is -2.08. The Labute approximate surface area is 88.3 Å². The Morgan fingerprint density at radius 1 is 1.50 bits per heavy atom. The number of aliphatic hydroxyl groups is 1. The molecule has 0 aliphatic heterocycles. The topological polar surface area (TPSA) is 58.0 Å². The van der Waals surface area contributed by atoms with Gasteiger partial charge in [0.05, 0.1) is 6.10 Å². The molecule has 0 saturated carbocycles. The Morgan fingerprint density at radius 3 is 2.86 bits per heavy atom. The molecule has 0 radical (unpaired) electrons. The largest absolute Gasteiger partial charge is 0.393 e. The molecule has 1 rings (SSSR count). The Kier molecular flexibility index (Phi) is 4.62. The standard InChI is InChI=1S/C9H14ClN3O/c1-2-7(14)5-6-11-9-4-3-8(10)12-13-9/h3-4,7,14H,2,5-6H2,1H3,(H,11,13). The molecule has 1 aromatic rings. The predicted octanol–water partition coefficient (Wildman–Crippen LogP) is 1.70. The molecular formula is C9H14ClN3O. The van der Waals surface area contributed by atoms with Gasteiger partial charge in [0.2, 0.25) is 0 Å². The predicted molar refractivity (Wildman–Crippen MR) is 56.4 cm³/mol. The van der Waals surface area contributed by atoms with Crippen LogP contribution < -0.4 is 5.32 Å². The summed E-state index contributed by atoms with van der Waals surface area (Å²) in [7, 11) is 0. The van der Waals surface area contributed by atoms with Crippen LogP contribution in [-0.2, 0) is 0 Å². The molecule has 0 spiro atoms. The third-order valence-electron chi connectivity index (χ3n) is 1.89. The lowest BCUT2D eigenvalue weighted by atomic mass is 10.2. The molecule has 0 saturated heterocycles. The molecule has 0 aromatic carbocycles. The van der Waals surface area contributed by atoms with E-state index in [1.807, 2.05) is 6.92 Å². The van der Waals surface area contributed by atoms with Crippen molar-refractivity contribution in [1.29, 1.82) is 0 Å². The monoisotopic (exact) mass is 215 g/mol. The molecule has 14 heavy (non-hydrogen) atoms. The summed E-state index contributed by atoms with van der Waals surface area (Å²) in [4.78, 5) is 0. The van der Waals surface area contributed by atoms with Gasteiger partial charge in [-0.05, 0) is 25.0 Å². The van der Waals surface area contributed by atoms with Crippen molar-refractivity contribution in [2.75, 3.05) is 11.9 Å². The lowest BCUT2D eigenvalue weighted by Crippen LogP contribution is -2.12. The number of aliphatic hydroxyl groups excluding tert-OH is 1. The highest BCUT2D eigenvalue weighted by molar-refractivity contribution is 6.29. The second-order valence-corrected chi connectivity index (χ2v) is 3.41. The van der Waals surface area contributed by atoms with Gasteiger partial charge in [0.25, 0.3) is 0 Å². The van der Waals surface area contributed by atoms with Gasteiger partial charge in [0.1, 0.15) is 5.82 Å². The molecule has 2 N–H and O–H groups in total. The van der Waals surface area contributed by atoms with Crippen LogP contribution >= 0.6 is 11.6 Å². The van der Waals surface area contributed by atoms with Crippen molar-refractivity contribution >= 4 is 17.4 Å². The molecule has 1 atom stereocenters. The van der Waals surface area contributed by atoms with E-state index in [9.17, 15) is 5.11 Å². The molecule has 0 aliphatic carbocycles. The molecule has 4 nitrogen and oxygen atoms in total. The molecule has 78 valence electrons. The summed E-state index contributed by atoms with van der Waals surface area (Å²) in [5.41, 5.74) is 0. The maximum Gasteiger partial charge on any atom is 0.151 e. The van der Waals surface area contributed by atoms with Crippen LogP contribution in [0.3, 0.4) is 0 Å². The highest BCUT2D eigenvalue weighted by Gasteiger charge is 2.00. The fraction of sp³-hybridized carbons (Fsp3) is 0.556. The minimum absolute atomic E-state index is 0.247. The van der Waals surface area contributed by atoms with Crippen LogP contribution in [0.1, 0.15) is 19.8 Å². The summed E-state index contributed by atoms with van der Waals surface area (Å²) in [5, 5.41) is 20.2. The summed E-state index contributed by atoms with van der Waals surface area (Å²) in [6, 6.07) is 3.43. The third kappa shape index (κ3) is 3.89. The van der Waals surface area contributed by atoms with Gasteiger partial charge in [-0.25, -0.2) is 0 Å². The van der Waals surface area contributed by atoms with E-state index in [0.717, 1.165) is 6.42 Å². The van der Waals surface area contributed by atoms with E-state index in [-0.39, 0.29) is 6.10 Å². The molecule has 1 unspecified atom stereocenters. The Balaban J connectivity index is 2.28. The van der Waals surface area contributed by atoms with Crippen molar-refractivity contribution in [2.24, 2.45) is 0 Å². The summed E-state index contributed by atoms with van der Waals surface area (Å²) in [5.74, 6) is 0.678. The number of nitrogens with zero attached hydrogens (tertiary/aromatic N) is 2. The smallest absolute Gasteiger partial charge is 0.151 e. The van der Waals surface area contributed by atoms with Crippen LogP contribution in [0.15, 0.2) is 12.1 Å². The van der Waals surface area contributed by atoms with E-state index >= 15 is 0 Å². The van der Waals surface area contributed by atoms with Gasteiger partial charge in [-0.2, -0.15) is 0 Å². The van der Waals surface area contributed by atoms with Crippen LogP contribution in [0.2, 0.25) is 5.15 Å². The van der Waals surface area contributed by atoms with Gasteiger partial charge in [-0.3, -0.25) is 0 Å². The zero-order valence-electron chi connectivity index (χ0n) is 8.07. The number of hydrogen-bond donors (Lipinski definition) is 2. The first-order valence-electron chi connectivity index (χ1n) is 4.63.